The Balaban J connectivity index is 2.13. The molecule has 0 aliphatic rings. The third-order valence-electron chi connectivity index (χ3n) is 2.60. The van der Waals surface area contributed by atoms with E-state index in [2.05, 4.69) is 42.5 Å². The molecule has 104 valence electrons. The Labute approximate surface area is 134 Å². The Morgan fingerprint density at radius 2 is 1.90 bits per heavy atom. The molecule has 6 heteroatoms. The molecule has 0 atom stereocenters. The van der Waals surface area contributed by atoms with Gasteiger partial charge >= 0.3 is 6.03 Å². The number of urea groups is 1. The third kappa shape index (κ3) is 3.74. The quantitative estimate of drug-likeness (QED) is 0.639. The molecular weight excluding hydrogens is 386 g/mol. The maximum Gasteiger partial charge on any atom is 0.323 e. The van der Waals surface area contributed by atoms with E-state index in [0.29, 0.717) is 15.8 Å². The molecule has 2 rings (SSSR count). The average Bonchev–Trinajstić information content (AvgIpc) is 2.33. The van der Waals surface area contributed by atoms with Gasteiger partial charge in [-0.05, 0) is 52.7 Å². The molecule has 0 heterocycles. The summed E-state index contributed by atoms with van der Waals surface area (Å²) in [6.07, 6.45) is 0. The summed E-state index contributed by atoms with van der Waals surface area (Å²) in [4.78, 5) is 12.0. The number of hydrogen-bond acceptors (Lipinski definition) is 2. The monoisotopic (exact) mass is 397 g/mol. The molecule has 0 unspecified atom stereocenters. The smallest absolute Gasteiger partial charge is 0.323 e. The van der Waals surface area contributed by atoms with E-state index in [0.717, 1.165) is 15.7 Å². The first-order valence-corrected chi connectivity index (χ1v) is 7.43. The van der Waals surface area contributed by atoms with Crippen LogP contribution in [-0.2, 0) is 0 Å². The van der Waals surface area contributed by atoms with Crippen molar-refractivity contribution in [3.8, 4) is 0 Å². The molecule has 0 spiro atoms. The van der Waals surface area contributed by atoms with Crippen molar-refractivity contribution in [3.05, 3.63) is 50.9 Å². The van der Waals surface area contributed by atoms with Crippen LogP contribution < -0.4 is 16.4 Å². The van der Waals surface area contributed by atoms with Gasteiger partial charge in [0, 0.05) is 14.6 Å². The molecule has 0 fully saturated rings. The number of halogens is 2. The second-order valence-corrected chi connectivity index (χ2v) is 6.07. The summed E-state index contributed by atoms with van der Waals surface area (Å²) in [7, 11) is 0. The summed E-state index contributed by atoms with van der Waals surface area (Å²) in [5.41, 5.74) is 8.71. The highest BCUT2D eigenvalue weighted by Gasteiger charge is 2.10. The zero-order valence-corrected chi connectivity index (χ0v) is 13.9. The van der Waals surface area contributed by atoms with Crippen molar-refractivity contribution >= 4 is 55.0 Å². The normalized spacial score (nSPS) is 10.2. The minimum absolute atomic E-state index is 0.342. The maximum atomic E-state index is 12.0. The fourth-order valence-corrected chi connectivity index (χ4v) is 3.08. The van der Waals surface area contributed by atoms with Crippen molar-refractivity contribution in [2.45, 2.75) is 6.92 Å². The molecule has 20 heavy (non-hydrogen) atoms. The number of nitrogens with two attached hydrogens (primary N) is 1. The van der Waals surface area contributed by atoms with Crippen LogP contribution in [-0.4, -0.2) is 6.03 Å². The molecular formula is C14H13Br2N3O. The fourth-order valence-electron chi connectivity index (χ4n) is 1.72. The molecule has 0 saturated heterocycles. The lowest BCUT2D eigenvalue weighted by molar-refractivity contribution is 0.262. The van der Waals surface area contributed by atoms with Gasteiger partial charge in [-0.25, -0.2) is 4.79 Å². The first kappa shape index (κ1) is 14.9. The first-order chi connectivity index (χ1) is 9.45. The van der Waals surface area contributed by atoms with E-state index in [4.69, 9.17) is 5.73 Å². The predicted octanol–water partition coefficient (Wildman–Crippen LogP) is 4.75. The zero-order chi connectivity index (χ0) is 14.7. The Morgan fingerprint density at radius 1 is 1.15 bits per heavy atom. The number of hydrogen-bond donors (Lipinski definition) is 3. The first-order valence-electron chi connectivity index (χ1n) is 5.85. The molecule has 0 bridgehead atoms. The summed E-state index contributed by atoms with van der Waals surface area (Å²) in [5, 5.41) is 5.49. The maximum absolute atomic E-state index is 12.0. The highest BCUT2D eigenvalue weighted by atomic mass is 79.9. The topological polar surface area (TPSA) is 67.2 Å². The van der Waals surface area contributed by atoms with Gasteiger partial charge in [-0.1, -0.05) is 28.1 Å². The second kappa shape index (κ2) is 6.28. The lowest BCUT2D eigenvalue weighted by Crippen LogP contribution is -2.20. The van der Waals surface area contributed by atoms with Gasteiger partial charge < -0.3 is 16.4 Å². The molecule has 2 aromatic rings. The minimum Gasteiger partial charge on any atom is -0.397 e. The van der Waals surface area contributed by atoms with Crippen LogP contribution in [0.1, 0.15) is 5.56 Å². The number of nitrogen functional groups attached to an aromatic ring is 1. The van der Waals surface area contributed by atoms with E-state index in [9.17, 15) is 4.79 Å². The van der Waals surface area contributed by atoms with E-state index in [-0.39, 0.29) is 6.03 Å². The van der Waals surface area contributed by atoms with Crippen LogP contribution in [0.15, 0.2) is 45.3 Å². The molecule has 0 radical (unpaired) electrons. The van der Waals surface area contributed by atoms with Crippen LogP contribution in [0.2, 0.25) is 0 Å². The molecule has 0 aliphatic heterocycles. The summed E-state index contributed by atoms with van der Waals surface area (Å²) in [5.74, 6) is 0. The Kier molecular flexibility index (Phi) is 4.67. The van der Waals surface area contributed by atoms with Crippen LogP contribution >= 0.6 is 31.9 Å². The predicted molar refractivity (Wildman–Crippen MR) is 90.1 cm³/mol. The van der Waals surface area contributed by atoms with E-state index in [1.165, 1.54) is 0 Å². The van der Waals surface area contributed by atoms with Crippen LogP contribution in [0, 0.1) is 6.92 Å². The van der Waals surface area contributed by atoms with E-state index >= 15 is 0 Å². The number of amides is 2. The van der Waals surface area contributed by atoms with Crippen molar-refractivity contribution in [1.82, 2.24) is 0 Å². The Morgan fingerprint density at radius 3 is 2.55 bits per heavy atom. The van der Waals surface area contributed by atoms with Crippen LogP contribution in [0.5, 0.6) is 0 Å². The molecule has 0 saturated carbocycles. The number of carbonyl (C=O) groups is 1. The standard InChI is InChI=1S/C14H13Br2N3O/c1-8-3-2-4-10(5-8)18-14(20)19-13-11(16)6-9(15)7-12(13)17/h2-7H,17H2,1H3,(H2,18,19,20). The highest BCUT2D eigenvalue weighted by molar-refractivity contribution is 9.11. The van der Waals surface area contributed by atoms with Gasteiger partial charge in [0.25, 0.3) is 0 Å². The number of benzene rings is 2. The SMILES string of the molecule is Cc1cccc(NC(=O)Nc2c(N)cc(Br)cc2Br)c1. The number of carbonyl (C=O) groups excluding carboxylic acids is 1. The average molecular weight is 399 g/mol. The highest BCUT2D eigenvalue weighted by Crippen LogP contribution is 2.32. The van der Waals surface area contributed by atoms with Crippen molar-refractivity contribution in [1.29, 1.82) is 0 Å². The number of aryl methyl sites for hydroxylation is 1. The van der Waals surface area contributed by atoms with Gasteiger partial charge in [0.2, 0.25) is 0 Å². The van der Waals surface area contributed by atoms with Gasteiger partial charge in [0.1, 0.15) is 0 Å². The third-order valence-corrected chi connectivity index (χ3v) is 3.68. The molecule has 4 N–H and O–H groups in total. The molecule has 2 aromatic carbocycles. The number of rotatable bonds is 2. The zero-order valence-electron chi connectivity index (χ0n) is 10.7. The van der Waals surface area contributed by atoms with Gasteiger partial charge in [-0.15, -0.1) is 0 Å². The Hall–Kier alpha value is -1.53. The van der Waals surface area contributed by atoms with Crippen LogP contribution in [0.4, 0.5) is 21.9 Å². The largest absolute Gasteiger partial charge is 0.397 e. The van der Waals surface area contributed by atoms with Crippen molar-refractivity contribution in [2.24, 2.45) is 0 Å². The summed E-state index contributed by atoms with van der Waals surface area (Å²) >= 11 is 6.71. The van der Waals surface area contributed by atoms with Crippen LogP contribution in [0.3, 0.4) is 0 Å². The van der Waals surface area contributed by atoms with Crippen molar-refractivity contribution in [3.63, 3.8) is 0 Å². The lowest BCUT2D eigenvalue weighted by atomic mass is 10.2. The minimum atomic E-state index is -0.342. The molecule has 0 aliphatic carbocycles. The fraction of sp³-hybridized carbons (Fsp3) is 0.0714. The van der Waals surface area contributed by atoms with E-state index in [1.54, 1.807) is 6.07 Å². The summed E-state index contributed by atoms with van der Waals surface area (Å²) < 4.78 is 1.55. The van der Waals surface area contributed by atoms with Crippen molar-refractivity contribution in [2.75, 3.05) is 16.4 Å². The number of nitrogens with one attached hydrogen (secondary N) is 2. The summed E-state index contributed by atoms with van der Waals surface area (Å²) in [6, 6.07) is 10.8. The molecule has 4 nitrogen and oxygen atoms in total. The van der Waals surface area contributed by atoms with Crippen molar-refractivity contribution < 1.29 is 4.79 Å². The van der Waals surface area contributed by atoms with E-state index < -0.39 is 0 Å². The van der Waals surface area contributed by atoms with Gasteiger partial charge in [-0.2, -0.15) is 0 Å². The Bertz CT molecular complexity index is 636. The molecule has 2 amide bonds. The number of anilines is 3. The van der Waals surface area contributed by atoms with E-state index in [1.807, 2.05) is 37.3 Å². The molecule has 0 aromatic heterocycles. The van der Waals surface area contributed by atoms with Gasteiger partial charge in [0.05, 0.1) is 11.4 Å². The van der Waals surface area contributed by atoms with Gasteiger partial charge in [0.15, 0.2) is 0 Å². The lowest BCUT2D eigenvalue weighted by Gasteiger charge is -2.12. The summed E-state index contributed by atoms with van der Waals surface area (Å²) in [6.45, 7) is 1.96. The van der Waals surface area contributed by atoms with Crippen LogP contribution in [0.25, 0.3) is 0 Å². The second-order valence-electron chi connectivity index (χ2n) is 4.30. The van der Waals surface area contributed by atoms with Gasteiger partial charge in [-0.3, -0.25) is 0 Å².